The number of alkyl halides is 9. The summed E-state index contributed by atoms with van der Waals surface area (Å²) in [4.78, 5) is 0. The van der Waals surface area contributed by atoms with Gasteiger partial charge in [-0.1, -0.05) is 0 Å². The van der Waals surface area contributed by atoms with Crippen LogP contribution in [0.3, 0.4) is 0 Å². The summed E-state index contributed by atoms with van der Waals surface area (Å²) < 4.78 is 102. The van der Waals surface area contributed by atoms with Gasteiger partial charge in [-0.25, -0.2) is 12.1 Å². The molecule has 0 heterocycles. The van der Waals surface area contributed by atoms with Crippen molar-refractivity contribution in [1.82, 2.24) is 0 Å². The van der Waals surface area contributed by atoms with Gasteiger partial charge in [-0.2, -0.15) is 18.2 Å². The van der Waals surface area contributed by atoms with E-state index in [4.69, 9.17) is 15.3 Å². The summed E-state index contributed by atoms with van der Waals surface area (Å²) in [5.74, 6) is 0. The normalized spacial score (nSPS) is 10.2. The first-order valence-corrected chi connectivity index (χ1v) is 8.61. The number of hydrogen-bond acceptors (Lipinski definition) is 3. The molecule has 1 rings (SSSR count). The van der Waals surface area contributed by atoms with Gasteiger partial charge in [0.25, 0.3) is 0 Å². The first-order chi connectivity index (χ1) is 10.9. The van der Waals surface area contributed by atoms with E-state index in [1.165, 1.54) is 0 Å². The van der Waals surface area contributed by atoms with Gasteiger partial charge in [0.05, 0.1) is 0 Å². The van der Waals surface area contributed by atoms with Crippen LogP contribution in [-0.2, 0) is 25.8 Å². The van der Waals surface area contributed by atoms with Crippen LogP contribution in [0.1, 0.15) is 0 Å². The summed E-state index contributed by atoms with van der Waals surface area (Å²) in [5.41, 5.74) is 0. The minimum Gasteiger partial charge on any atom is -0.214 e. The maximum Gasteiger partial charge on any atom is 0 e. The molecule has 0 aromatic heterocycles. The van der Waals surface area contributed by atoms with Gasteiger partial charge >= 0.3 is 68.9 Å². The number of hydrogen-bond donors (Lipinski definition) is 3. The smallest absolute Gasteiger partial charge is 0 e. The number of halogens is 9. The third-order valence-corrected chi connectivity index (χ3v) is 4.97. The second-order valence-electron chi connectivity index (χ2n) is 2.83. The number of rotatable bonds is 0. The first kappa shape index (κ1) is 36.0. The average Bonchev–Trinajstić information content (AvgIpc) is 2.99. The molecule has 0 bridgehead atoms. The van der Waals surface area contributed by atoms with E-state index in [1.54, 1.807) is 0 Å². The van der Waals surface area contributed by atoms with E-state index in [9.17, 15) is 39.5 Å². The van der Waals surface area contributed by atoms with Gasteiger partial charge < -0.3 is 15.3 Å². The van der Waals surface area contributed by atoms with E-state index in [-0.39, 0.29) is 25.8 Å². The molecule has 0 aliphatic rings. The van der Waals surface area contributed by atoms with Crippen molar-refractivity contribution >= 4 is 14.3 Å². The summed E-state index contributed by atoms with van der Waals surface area (Å²) in [6.45, 7) is 0. The quantitative estimate of drug-likeness (QED) is 0.238. The summed E-state index contributed by atoms with van der Waals surface area (Å²) in [6, 6.07) is 10.0. The molecule has 14 heteroatoms. The van der Waals surface area contributed by atoms with E-state index < -0.39 is 29.4 Å². The molecular weight excluding hydrogens is 602 g/mol. The molecule has 1 aromatic rings. The summed E-state index contributed by atoms with van der Waals surface area (Å²) in [7, 11) is 3.00. The maximum absolute atomic E-state index is 11.3. The van der Waals surface area contributed by atoms with Crippen LogP contribution in [0.25, 0.3) is 0 Å². The molecule has 3 nitrogen and oxygen atoms in total. The summed E-state index contributed by atoms with van der Waals surface area (Å²) in [5, 5.41) is 2.41. The van der Waals surface area contributed by atoms with Crippen LogP contribution in [0.2, 0.25) is 0 Å². The van der Waals surface area contributed by atoms with Crippen LogP contribution in [0.15, 0.2) is 30.3 Å². The zero-order valence-electron chi connectivity index (χ0n) is 13.1. The molecule has 0 aliphatic carbocycles. The average molecular weight is 619 g/mol. The number of aliphatic hydroxyl groups excluding tert-OH is 3. The van der Waals surface area contributed by atoms with Crippen LogP contribution in [-0.4, -0.2) is 66.0 Å². The largest absolute Gasteiger partial charge is 0.214 e. The molecule has 0 atom stereocenters. The third kappa shape index (κ3) is 22.0. The van der Waals surface area contributed by atoms with Gasteiger partial charge in [-0.3, -0.25) is 0 Å². The molecule has 0 spiro atoms. The van der Waals surface area contributed by atoms with Crippen molar-refractivity contribution in [3.63, 3.8) is 0 Å². The Balaban J connectivity index is -0.0000000920. The predicted molar refractivity (Wildman–Crippen MR) is 70.4 cm³/mol. The van der Waals surface area contributed by atoms with Gasteiger partial charge in [-0.15, -0.1) is 0 Å². The van der Waals surface area contributed by atoms with Crippen molar-refractivity contribution in [2.75, 3.05) is 21.3 Å². The van der Waals surface area contributed by atoms with Crippen LogP contribution in [0.4, 0.5) is 39.5 Å². The van der Waals surface area contributed by atoms with Crippen molar-refractivity contribution in [2.24, 2.45) is 0 Å². The van der Waals surface area contributed by atoms with Crippen LogP contribution >= 0.6 is 0 Å². The van der Waals surface area contributed by atoms with Crippen molar-refractivity contribution in [3.8, 4) is 0 Å². The molecular formula is C11H17F9GeHfO3-. The Labute approximate surface area is 161 Å². The zero-order chi connectivity index (χ0) is 20.6. The van der Waals surface area contributed by atoms with Gasteiger partial charge in [0.15, 0.2) is 0 Å². The Morgan fingerprint density at radius 3 is 0.840 bits per heavy atom. The Morgan fingerprint density at radius 2 is 0.800 bits per heavy atom. The Kier molecular flexibility index (Phi) is 27.1. The summed E-state index contributed by atoms with van der Waals surface area (Å²) >= 11 is -7.10. The molecule has 1 aromatic carbocycles. The Bertz CT molecular complexity index is 290. The predicted octanol–water partition coefficient (Wildman–Crippen LogP) is 3.01. The van der Waals surface area contributed by atoms with E-state index in [1.807, 2.05) is 30.3 Å². The first-order valence-electron chi connectivity index (χ1n) is 5.46. The molecule has 0 fully saturated rings. The minimum absolute atomic E-state index is 0. The van der Waals surface area contributed by atoms with Crippen molar-refractivity contribution in [1.29, 1.82) is 0 Å². The van der Waals surface area contributed by atoms with Gasteiger partial charge in [0.2, 0.25) is 0 Å². The third-order valence-electron chi connectivity index (χ3n) is 1.41. The molecule has 3 N–H and O–H groups in total. The fourth-order valence-electron chi connectivity index (χ4n) is 0.803. The zero-order valence-corrected chi connectivity index (χ0v) is 18.8. The molecule has 25 heavy (non-hydrogen) atoms. The van der Waals surface area contributed by atoms with E-state index in [2.05, 4.69) is 0 Å². The molecule has 0 saturated carbocycles. The molecule has 1 radical (unpaired) electrons. The van der Waals surface area contributed by atoms with Gasteiger partial charge in [0, 0.05) is 47.2 Å². The molecule has 0 unspecified atom stereocenters. The van der Waals surface area contributed by atoms with E-state index in [0.717, 1.165) is 21.3 Å². The second kappa shape index (κ2) is 18.8. The van der Waals surface area contributed by atoms with Crippen LogP contribution < -0.4 is 0 Å². The molecule has 0 saturated heterocycles. The van der Waals surface area contributed by atoms with Crippen molar-refractivity contribution in [3.05, 3.63) is 30.3 Å². The second-order valence-corrected chi connectivity index (χ2v) is 7.97. The molecule has 151 valence electrons. The Morgan fingerprint density at radius 1 is 0.600 bits per heavy atom. The van der Waals surface area contributed by atoms with Crippen molar-refractivity contribution < 1.29 is 80.7 Å². The molecule has 0 aliphatic heterocycles. The summed E-state index contributed by atoms with van der Waals surface area (Å²) in [6.07, 6.45) is 0. The van der Waals surface area contributed by atoms with Crippen molar-refractivity contribution in [2.45, 2.75) is 15.0 Å². The SMILES string of the molecule is CO.CO.CO.F[C](F)(F)[Ge]([C](F)(F)F)[C](F)(F)F.[Hf].c1cc[cH-]c1. The van der Waals surface area contributed by atoms with Crippen LogP contribution in [0, 0.1) is 0 Å². The monoisotopic (exact) mass is 622 g/mol. The topological polar surface area (TPSA) is 60.7 Å². The minimum atomic E-state index is -7.10. The van der Waals surface area contributed by atoms with Gasteiger partial charge in [-0.05, 0) is 0 Å². The number of aliphatic hydroxyl groups is 3. The van der Waals surface area contributed by atoms with Gasteiger partial charge in [0.1, 0.15) is 0 Å². The fraction of sp³-hybridized carbons (Fsp3) is 0.545. The maximum atomic E-state index is 11.3. The van der Waals surface area contributed by atoms with E-state index >= 15 is 0 Å². The van der Waals surface area contributed by atoms with Crippen LogP contribution in [0.5, 0.6) is 0 Å². The standard InChI is InChI=1S/C5H5.C3F9Ge.3CH4O.Hf/c1-2-4-5-3-1;4-1(5,6)13(2(7,8)9)3(10,11)12;3*1-2;/h1-5H;;3*2H,1H3;/q-1;;;;;. The fourth-order valence-corrected chi connectivity index (χ4v) is 2.83. The van der Waals surface area contributed by atoms with E-state index in [0.29, 0.717) is 0 Å². The molecule has 0 amide bonds. The Hall–Kier alpha value is 0.0130.